The molecule has 8 aromatic carbocycles. The third-order valence-electron chi connectivity index (χ3n) is 9.92. The maximum atomic E-state index is 5.11. The molecule has 9 aromatic rings. The quantitative estimate of drug-likeness (QED) is 0.159. The first-order valence-corrected chi connectivity index (χ1v) is 18.3. The molecule has 0 aliphatic rings. The highest BCUT2D eigenvalue weighted by molar-refractivity contribution is 6.07. The van der Waals surface area contributed by atoms with Gasteiger partial charge in [0.1, 0.15) is 0 Å². The molecule has 0 fully saturated rings. The molecule has 0 saturated heterocycles. The van der Waals surface area contributed by atoms with Crippen molar-refractivity contribution in [3.8, 4) is 89.5 Å². The summed E-state index contributed by atoms with van der Waals surface area (Å²) in [5, 5.41) is 0. The van der Waals surface area contributed by atoms with Gasteiger partial charge in [0, 0.05) is 16.7 Å². The van der Waals surface area contributed by atoms with Crippen LogP contribution in [0.2, 0.25) is 0 Å². The van der Waals surface area contributed by atoms with Crippen molar-refractivity contribution in [3.05, 3.63) is 218 Å². The van der Waals surface area contributed by atoms with Gasteiger partial charge in [-0.1, -0.05) is 206 Å². The lowest BCUT2D eigenvalue weighted by Gasteiger charge is -2.24. The zero-order valence-electron chi connectivity index (χ0n) is 29.7. The van der Waals surface area contributed by atoms with Crippen LogP contribution in [0.5, 0.6) is 0 Å². The lowest BCUT2D eigenvalue weighted by molar-refractivity contribution is 1.18. The third kappa shape index (κ3) is 6.53. The predicted molar refractivity (Wildman–Crippen MR) is 226 cm³/mol. The van der Waals surface area contributed by atoms with Crippen LogP contribution in [-0.4, -0.2) is 9.97 Å². The summed E-state index contributed by atoms with van der Waals surface area (Å²) in [5.41, 5.74) is 16.7. The topological polar surface area (TPSA) is 25.8 Å². The van der Waals surface area contributed by atoms with Gasteiger partial charge in [0.2, 0.25) is 0 Å². The second-order valence-electron chi connectivity index (χ2n) is 13.3. The molecule has 0 bridgehead atoms. The highest BCUT2D eigenvalue weighted by atomic mass is 14.9. The van der Waals surface area contributed by atoms with Gasteiger partial charge in [-0.2, -0.15) is 0 Å². The molecule has 0 saturated carbocycles. The minimum Gasteiger partial charge on any atom is -0.228 e. The standard InChI is InChI=1S/C52H36N2/c1-7-19-37(20-8-1)45-35-46(50(42-25-13-4-14-26-42)51(43-27-15-5-16-28-43)49(45)41-23-11-3-12-24-41)38-31-33-40(34-32-38)48-36-47(39-21-9-2-10-22-39)53-52(54-48)44-29-17-6-18-30-44/h1-36H. The van der Waals surface area contributed by atoms with Crippen LogP contribution in [-0.2, 0) is 0 Å². The van der Waals surface area contributed by atoms with Gasteiger partial charge in [-0.15, -0.1) is 0 Å². The second kappa shape index (κ2) is 14.8. The Morgan fingerprint density at radius 3 is 0.944 bits per heavy atom. The molecule has 254 valence electrons. The summed E-state index contributed by atoms with van der Waals surface area (Å²) < 4.78 is 0. The first-order chi connectivity index (χ1) is 26.8. The van der Waals surface area contributed by atoms with E-state index in [1.165, 1.54) is 50.1 Å². The normalized spacial score (nSPS) is 11.0. The summed E-state index contributed by atoms with van der Waals surface area (Å²) in [6, 6.07) is 77.2. The van der Waals surface area contributed by atoms with E-state index in [0.29, 0.717) is 5.82 Å². The smallest absolute Gasteiger partial charge is 0.160 e. The van der Waals surface area contributed by atoms with E-state index >= 15 is 0 Å². The van der Waals surface area contributed by atoms with E-state index in [-0.39, 0.29) is 0 Å². The molecule has 0 spiro atoms. The molecule has 0 aliphatic heterocycles. The summed E-state index contributed by atoms with van der Waals surface area (Å²) in [6.07, 6.45) is 0. The van der Waals surface area contributed by atoms with E-state index < -0.39 is 0 Å². The SMILES string of the molecule is c1ccc(-c2cc(-c3ccc(-c4cc(-c5ccccc5)c(-c5ccccc5)c(-c5ccccc5)c4-c4ccccc4)cc3)nc(-c3ccccc3)n2)cc1. The van der Waals surface area contributed by atoms with E-state index in [0.717, 1.165) is 33.6 Å². The molecule has 54 heavy (non-hydrogen) atoms. The molecular formula is C52H36N2. The molecular weight excluding hydrogens is 653 g/mol. The van der Waals surface area contributed by atoms with Gasteiger partial charge in [0.25, 0.3) is 0 Å². The average molecular weight is 689 g/mol. The van der Waals surface area contributed by atoms with Crippen molar-refractivity contribution < 1.29 is 0 Å². The Morgan fingerprint density at radius 1 is 0.222 bits per heavy atom. The van der Waals surface area contributed by atoms with E-state index in [2.05, 4.69) is 194 Å². The zero-order valence-corrected chi connectivity index (χ0v) is 29.7. The van der Waals surface area contributed by atoms with Crippen molar-refractivity contribution in [1.82, 2.24) is 9.97 Å². The Labute approximate surface area is 316 Å². The van der Waals surface area contributed by atoms with Crippen LogP contribution in [0.3, 0.4) is 0 Å². The molecule has 0 N–H and O–H groups in total. The maximum absolute atomic E-state index is 5.11. The Hall–Kier alpha value is -7.16. The lowest BCUT2D eigenvalue weighted by atomic mass is 9.79. The number of benzene rings is 8. The molecule has 9 rings (SSSR count). The van der Waals surface area contributed by atoms with Crippen LogP contribution in [0.4, 0.5) is 0 Å². The molecule has 0 atom stereocenters. The molecule has 0 amide bonds. The van der Waals surface area contributed by atoms with Crippen LogP contribution in [0, 0.1) is 0 Å². The summed E-state index contributed by atoms with van der Waals surface area (Å²) in [4.78, 5) is 10.1. The number of hydrogen-bond acceptors (Lipinski definition) is 2. The van der Waals surface area contributed by atoms with Gasteiger partial charge in [-0.25, -0.2) is 9.97 Å². The number of nitrogens with zero attached hydrogens (tertiary/aromatic N) is 2. The summed E-state index contributed by atoms with van der Waals surface area (Å²) in [6.45, 7) is 0. The molecule has 0 aliphatic carbocycles. The average Bonchev–Trinajstić information content (AvgIpc) is 3.27. The van der Waals surface area contributed by atoms with Crippen molar-refractivity contribution in [2.24, 2.45) is 0 Å². The van der Waals surface area contributed by atoms with Crippen molar-refractivity contribution in [3.63, 3.8) is 0 Å². The summed E-state index contributed by atoms with van der Waals surface area (Å²) in [5.74, 6) is 0.707. The van der Waals surface area contributed by atoms with E-state index in [9.17, 15) is 0 Å². The minimum absolute atomic E-state index is 0.707. The van der Waals surface area contributed by atoms with E-state index in [1.807, 2.05) is 24.3 Å². The Kier molecular flexibility index (Phi) is 8.99. The van der Waals surface area contributed by atoms with Crippen LogP contribution in [0.15, 0.2) is 218 Å². The van der Waals surface area contributed by atoms with Gasteiger partial charge >= 0.3 is 0 Å². The van der Waals surface area contributed by atoms with Gasteiger partial charge in [-0.05, 0) is 67.8 Å². The van der Waals surface area contributed by atoms with Gasteiger partial charge < -0.3 is 0 Å². The van der Waals surface area contributed by atoms with Crippen LogP contribution < -0.4 is 0 Å². The van der Waals surface area contributed by atoms with E-state index in [1.54, 1.807) is 0 Å². The number of aromatic nitrogens is 2. The Morgan fingerprint density at radius 2 is 0.519 bits per heavy atom. The highest BCUT2D eigenvalue weighted by Crippen LogP contribution is 2.50. The monoisotopic (exact) mass is 688 g/mol. The summed E-state index contributed by atoms with van der Waals surface area (Å²) in [7, 11) is 0. The van der Waals surface area contributed by atoms with Crippen LogP contribution in [0.25, 0.3) is 89.5 Å². The van der Waals surface area contributed by atoms with E-state index in [4.69, 9.17) is 9.97 Å². The van der Waals surface area contributed by atoms with Crippen molar-refractivity contribution in [1.29, 1.82) is 0 Å². The molecule has 1 heterocycles. The first kappa shape index (κ1) is 32.7. The fourth-order valence-corrected chi connectivity index (χ4v) is 7.35. The fourth-order valence-electron chi connectivity index (χ4n) is 7.35. The molecule has 2 heteroatoms. The van der Waals surface area contributed by atoms with Crippen LogP contribution in [0.1, 0.15) is 0 Å². The maximum Gasteiger partial charge on any atom is 0.160 e. The van der Waals surface area contributed by atoms with Gasteiger partial charge in [0.15, 0.2) is 5.82 Å². The van der Waals surface area contributed by atoms with Gasteiger partial charge in [-0.3, -0.25) is 0 Å². The van der Waals surface area contributed by atoms with Crippen molar-refractivity contribution in [2.45, 2.75) is 0 Å². The number of hydrogen-bond donors (Lipinski definition) is 0. The van der Waals surface area contributed by atoms with Crippen molar-refractivity contribution >= 4 is 0 Å². The largest absolute Gasteiger partial charge is 0.228 e. The zero-order chi connectivity index (χ0) is 36.1. The summed E-state index contributed by atoms with van der Waals surface area (Å²) >= 11 is 0. The second-order valence-corrected chi connectivity index (χ2v) is 13.3. The molecule has 0 unspecified atom stereocenters. The Balaban J connectivity index is 1.28. The molecule has 2 nitrogen and oxygen atoms in total. The van der Waals surface area contributed by atoms with Crippen LogP contribution >= 0.6 is 0 Å². The molecule has 0 radical (unpaired) electrons. The number of rotatable bonds is 8. The predicted octanol–water partition coefficient (Wildman–Crippen LogP) is 13.8. The van der Waals surface area contributed by atoms with Gasteiger partial charge in [0.05, 0.1) is 11.4 Å². The first-order valence-electron chi connectivity index (χ1n) is 18.3. The molecule has 1 aromatic heterocycles. The highest BCUT2D eigenvalue weighted by Gasteiger charge is 2.23. The lowest BCUT2D eigenvalue weighted by Crippen LogP contribution is -1.98. The minimum atomic E-state index is 0.707. The van der Waals surface area contributed by atoms with Crippen molar-refractivity contribution in [2.75, 3.05) is 0 Å². The Bertz CT molecular complexity index is 2580. The third-order valence-corrected chi connectivity index (χ3v) is 9.92. The fraction of sp³-hybridized carbons (Fsp3) is 0.